The van der Waals surface area contributed by atoms with Crippen LogP contribution in [0, 0.1) is 5.92 Å². The van der Waals surface area contributed by atoms with Crippen molar-refractivity contribution >= 4 is 21.9 Å². The van der Waals surface area contributed by atoms with Crippen LogP contribution in [0.15, 0.2) is 52.0 Å². The molecular formula is C19H24N2O6S. The Morgan fingerprint density at radius 2 is 1.96 bits per heavy atom. The number of amides is 1. The second-order valence-corrected chi connectivity index (χ2v) is 8.31. The van der Waals surface area contributed by atoms with Gasteiger partial charge in [0, 0.05) is 6.54 Å². The number of rotatable bonds is 10. The van der Waals surface area contributed by atoms with E-state index in [4.69, 9.17) is 9.15 Å². The smallest absolute Gasteiger partial charge is 0.338 e. The zero-order chi connectivity index (χ0) is 20.6. The van der Waals surface area contributed by atoms with E-state index in [1.54, 1.807) is 12.1 Å². The topological polar surface area (TPSA) is 115 Å². The van der Waals surface area contributed by atoms with Gasteiger partial charge in [-0.2, -0.15) is 0 Å². The van der Waals surface area contributed by atoms with Gasteiger partial charge in [-0.25, -0.2) is 17.9 Å². The summed E-state index contributed by atoms with van der Waals surface area (Å²) in [5.74, 6) is -0.267. The summed E-state index contributed by atoms with van der Waals surface area (Å²) >= 11 is 0. The van der Waals surface area contributed by atoms with Gasteiger partial charge in [0.1, 0.15) is 5.76 Å². The summed E-state index contributed by atoms with van der Waals surface area (Å²) in [6.07, 6.45) is 2.27. The van der Waals surface area contributed by atoms with E-state index in [0.717, 1.165) is 6.42 Å². The molecule has 1 amide bonds. The van der Waals surface area contributed by atoms with Crippen molar-refractivity contribution in [3.63, 3.8) is 0 Å². The van der Waals surface area contributed by atoms with Crippen LogP contribution in [0.4, 0.5) is 0 Å². The van der Waals surface area contributed by atoms with E-state index in [9.17, 15) is 18.0 Å². The van der Waals surface area contributed by atoms with Crippen molar-refractivity contribution in [1.82, 2.24) is 10.0 Å². The highest BCUT2D eigenvalue weighted by molar-refractivity contribution is 7.89. The number of sulfonamides is 1. The minimum atomic E-state index is -3.84. The van der Waals surface area contributed by atoms with Crippen LogP contribution in [-0.2, 0) is 26.1 Å². The van der Waals surface area contributed by atoms with E-state index in [-0.39, 0.29) is 17.0 Å². The predicted octanol–water partition coefficient (Wildman–Crippen LogP) is 2.08. The summed E-state index contributed by atoms with van der Waals surface area (Å²) in [5.41, 5.74) is 0.0378. The highest BCUT2D eigenvalue weighted by Gasteiger charge is 2.18. The zero-order valence-corrected chi connectivity index (χ0v) is 16.6. The second-order valence-electron chi connectivity index (χ2n) is 6.54. The molecule has 1 aromatic heterocycles. The molecule has 9 heteroatoms. The van der Waals surface area contributed by atoms with Crippen LogP contribution >= 0.6 is 0 Å². The maximum absolute atomic E-state index is 12.4. The summed E-state index contributed by atoms with van der Waals surface area (Å²) < 4.78 is 37.2. The van der Waals surface area contributed by atoms with Crippen LogP contribution in [0.1, 0.15) is 36.4 Å². The van der Waals surface area contributed by atoms with Crippen LogP contribution < -0.4 is 10.0 Å². The van der Waals surface area contributed by atoms with Gasteiger partial charge < -0.3 is 14.5 Å². The first-order chi connectivity index (χ1) is 13.3. The molecule has 0 spiro atoms. The minimum Gasteiger partial charge on any atom is -0.468 e. The Morgan fingerprint density at radius 3 is 2.64 bits per heavy atom. The minimum absolute atomic E-state index is 0.0133. The monoisotopic (exact) mass is 408 g/mol. The van der Waals surface area contributed by atoms with Gasteiger partial charge >= 0.3 is 5.97 Å². The number of furan rings is 1. The molecule has 0 aliphatic rings. The highest BCUT2D eigenvalue weighted by atomic mass is 32.2. The van der Waals surface area contributed by atoms with Gasteiger partial charge in [0.15, 0.2) is 6.61 Å². The molecule has 152 valence electrons. The van der Waals surface area contributed by atoms with Crippen molar-refractivity contribution in [3.8, 4) is 0 Å². The fourth-order valence-corrected chi connectivity index (χ4v) is 3.26. The summed E-state index contributed by atoms with van der Waals surface area (Å²) in [5, 5.41) is 2.66. The van der Waals surface area contributed by atoms with E-state index in [2.05, 4.69) is 10.0 Å². The van der Waals surface area contributed by atoms with Gasteiger partial charge in [0.25, 0.3) is 5.91 Å². The third-order valence-electron chi connectivity index (χ3n) is 3.77. The number of ether oxygens (including phenoxy) is 1. The fourth-order valence-electron chi connectivity index (χ4n) is 2.22. The van der Waals surface area contributed by atoms with Crippen LogP contribution in [0.5, 0.6) is 0 Å². The molecule has 2 N–H and O–H groups in total. The average Bonchev–Trinajstić information content (AvgIpc) is 3.18. The number of hydrogen-bond acceptors (Lipinski definition) is 6. The quantitative estimate of drug-likeness (QED) is 0.582. The standard InChI is InChI=1S/C19H24N2O6S/c1-14(2)8-9-20-18(22)13-27-19(23)15-5-3-7-17(11-15)28(24,25)21-12-16-6-4-10-26-16/h3-7,10-11,14,21H,8-9,12-13H2,1-2H3,(H,20,22). The fraction of sp³-hybridized carbons (Fsp3) is 0.368. The Morgan fingerprint density at radius 1 is 1.18 bits per heavy atom. The lowest BCUT2D eigenvalue weighted by Crippen LogP contribution is -2.30. The van der Waals surface area contributed by atoms with E-state index in [1.807, 2.05) is 13.8 Å². The maximum atomic E-state index is 12.4. The first-order valence-electron chi connectivity index (χ1n) is 8.84. The largest absolute Gasteiger partial charge is 0.468 e. The van der Waals surface area contributed by atoms with Crippen molar-refractivity contribution in [2.75, 3.05) is 13.2 Å². The van der Waals surface area contributed by atoms with Crippen molar-refractivity contribution in [2.45, 2.75) is 31.7 Å². The summed E-state index contributed by atoms with van der Waals surface area (Å²) in [6, 6.07) is 8.70. The van der Waals surface area contributed by atoms with Crippen molar-refractivity contribution in [2.24, 2.45) is 5.92 Å². The van der Waals surface area contributed by atoms with Gasteiger partial charge in [-0.05, 0) is 42.7 Å². The molecule has 2 rings (SSSR count). The molecule has 8 nitrogen and oxygen atoms in total. The van der Waals surface area contributed by atoms with Gasteiger partial charge in [0.2, 0.25) is 10.0 Å². The maximum Gasteiger partial charge on any atom is 0.338 e. The molecular weight excluding hydrogens is 384 g/mol. The SMILES string of the molecule is CC(C)CCNC(=O)COC(=O)c1cccc(S(=O)(=O)NCc2ccco2)c1. The normalized spacial score (nSPS) is 11.4. The molecule has 0 saturated carbocycles. The summed E-state index contributed by atoms with van der Waals surface area (Å²) in [6.45, 7) is 4.14. The third kappa shape index (κ3) is 6.82. The Bertz CT molecular complexity index is 891. The highest BCUT2D eigenvalue weighted by Crippen LogP contribution is 2.13. The molecule has 28 heavy (non-hydrogen) atoms. The Hall–Kier alpha value is -2.65. The Balaban J connectivity index is 1.92. The molecule has 0 unspecified atom stereocenters. The molecule has 0 aliphatic carbocycles. The number of esters is 1. The summed E-state index contributed by atoms with van der Waals surface area (Å²) in [7, 11) is -3.84. The molecule has 1 heterocycles. The predicted molar refractivity (Wildman–Crippen MR) is 102 cm³/mol. The lowest BCUT2D eigenvalue weighted by Gasteiger charge is -2.09. The van der Waals surface area contributed by atoms with Gasteiger partial charge in [0.05, 0.1) is 23.3 Å². The van der Waals surface area contributed by atoms with Crippen LogP contribution in [0.3, 0.4) is 0 Å². The molecule has 1 aromatic carbocycles. The molecule has 0 aliphatic heterocycles. The van der Waals surface area contributed by atoms with E-state index in [1.165, 1.54) is 30.5 Å². The number of carbonyl (C=O) groups excluding carboxylic acids is 2. The molecule has 0 bridgehead atoms. The molecule has 0 radical (unpaired) electrons. The summed E-state index contributed by atoms with van der Waals surface area (Å²) in [4.78, 5) is 23.7. The van der Waals surface area contributed by atoms with Crippen molar-refractivity contribution in [3.05, 3.63) is 54.0 Å². The zero-order valence-electron chi connectivity index (χ0n) is 15.8. The van der Waals surface area contributed by atoms with Crippen LogP contribution in [0.2, 0.25) is 0 Å². The van der Waals surface area contributed by atoms with E-state index in [0.29, 0.717) is 18.2 Å². The van der Waals surface area contributed by atoms with Gasteiger partial charge in [-0.1, -0.05) is 19.9 Å². The lowest BCUT2D eigenvalue weighted by atomic mass is 10.1. The number of benzene rings is 1. The lowest BCUT2D eigenvalue weighted by molar-refractivity contribution is -0.124. The van der Waals surface area contributed by atoms with Crippen LogP contribution in [-0.4, -0.2) is 33.4 Å². The number of carbonyl (C=O) groups is 2. The Kier molecular flexibility index (Phi) is 7.77. The van der Waals surface area contributed by atoms with Gasteiger partial charge in [-0.15, -0.1) is 0 Å². The number of nitrogens with one attached hydrogen (secondary N) is 2. The first-order valence-corrected chi connectivity index (χ1v) is 10.3. The Labute approximate surface area is 164 Å². The van der Waals surface area contributed by atoms with Crippen molar-refractivity contribution < 1.29 is 27.2 Å². The van der Waals surface area contributed by atoms with E-state index < -0.39 is 28.5 Å². The third-order valence-corrected chi connectivity index (χ3v) is 5.17. The first kappa shape index (κ1) is 21.6. The molecule has 0 saturated heterocycles. The molecule has 2 aromatic rings. The number of hydrogen-bond donors (Lipinski definition) is 2. The van der Waals surface area contributed by atoms with Crippen LogP contribution in [0.25, 0.3) is 0 Å². The molecule has 0 atom stereocenters. The average molecular weight is 408 g/mol. The second kappa shape index (κ2) is 10.0. The van der Waals surface area contributed by atoms with E-state index >= 15 is 0 Å². The van der Waals surface area contributed by atoms with Gasteiger partial charge in [-0.3, -0.25) is 4.79 Å². The molecule has 0 fully saturated rings. The van der Waals surface area contributed by atoms with Crippen molar-refractivity contribution in [1.29, 1.82) is 0 Å².